The average molecular weight is 240 g/mol. The van der Waals surface area contributed by atoms with E-state index < -0.39 is 17.4 Å². The number of halogens is 2. The first-order valence-corrected chi connectivity index (χ1v) is 4.85. The molecule has 0 aromatic heterocycles. The molecule has 0 fully saturated rings. The fourth-order valence-electron chi connectivity index (χ4n) is 1.47. The second-order valence-corrected chi connectivity index (χ2v) is 3.61. The lowest BCUT2D eigenvalue weighted by atomic mass is 10.1. The van der Waals surface area contributed by atoms with Gasteiger partial charge in [0.1, 0.15) is 24.6 Å². The smallest absolute Gasteiger partial charge is 0.185 e. The number of hydrogen-bond acceptors (Lipinski definition) is 5. The Morgan fingerprint density at radius 2 is 2.24 bits per heavy atom. The molecule has 1 aromatic rings. The normalized spacial score (nSPS) is 14.5. The van der Waals surface area contributed by atoms with E-state index >= 15 is 0 Å². The van der Waals surface area contributed by atoms with Gasteiger partial charge in [-0.25, -0.2) is 19.7 Å². The van der Waals surface area contributed by atoms with Crippen LogP contribution < -0.4 is 5.84 Å². The number of hydrazone groups is 1. The summed E-state index contributed by atoms with van der Waals surface area (Å²) in [4.78, 5) is 13.2. The van der Waals surface area contributed by atoms with Crippen molar-refractivity contribution < 1.29 is 13.6 Å². The van der Waals surface area contributed by atoms with E-state index in [1.165, 1.54) is 11.2 Å². The van der Waals surface area contributed by atoms with Crippen LogP contribution in [0.2, 0.25) is 0 Å². The standard InChI is InChI=1S/C10H10F2N4O/c11-7-1-2-8(9(12)3-7)10(17)4-15-5-14-16(13)6-15/h1-3,5H,4,6,13H2. The summed E-state index contributed by atoms with van der Waals surface area (Å²) in [6.45, 7) is 0.203. The highest BCUT2D eigenvalue weighted by Crippen LogP contribution is 2.11. The average Bonchev–Trinajstić information content (AvgIpc) is 2.63. The number of nitrogens with zero attached hydrogens (tertiary/aromatic N) is 3. The third kappa shape index (κ3) is 2.56. The Kier molecular flexibility index (Phi) is 3.01. The van der Waals surface area contributed by atoms with Gasteiger partial charge in [0.2, 0.25) is 0 Å². The highest BCUT2D eigenvalue weighted by atomic mass is 19.1. The van der Waals surface area contributed by atoms with Crippen molar-refractivity contribution in [3.63, 3.8) is 0 Å². The molecule has 17 heavy (non-hydrogen) atoms. The van der Waals surface area contributed by atoms with Crippen LogP contribution in [-0.2, 0) is 0 Å². The number of nitrogens with two attached hydrogens (primary N) is 1. The van der Waals surface area contributed by atoms with Gasteiger partial charge in [-0.05, 0) is 12.1 Å². The molecule has 0 spiro atoms. The molecule has 2 rings (SSSR count). The summed E-state index contributed by atoms with van der Waals surface area (Å²) in [7, 11) is 0. The molecule has 0 atom stereocenters. The molecule has 0 saturated heterocycles. The van der Waals surface area contributed by atoms with E-state index in [2.05, 4.69) is 5.10 Å². The summed E-state index contributed by atoms with van der Waals surface area (Å²) in [6, 6.07) is 2.85. The minimum absolute atomic E-state index is 0.0558. The van der Waals surface area contributed by atoms with Crippen molar-refractivity contribution in [1.29, 1.82) is 0 Å². The van der Waals surface area contributed by atoms with E-state index in [9.17, 15) is 13.6 Å². The summed E-state index contributed by atoms with van der Waals surface area (Å²) in [5.41, 5.74) is -0.143. The number of carbonyl (C=O) groups is 1. The second-order valence-electron chi connectivity index (χ2n) is 3.61. The maximum atomic E-state index is 13.3. The minimum atomic E-state index is -0.865. The van der Waals surface area contributed by atoms with Gasteiger partial charge in [0.25, 0.3) is 0 Å². The van der Waals surface area contributed by atoms with Crippen LogP contribution in [-0.4, -0.2) is 35.4 Å². The van der Waals surface area contributed by atoms with Gasteiger partial charge < -0.3 is 4.90 Å². The molecule has 5 nitrogen and oxygen atoms in total. The lowest BCUT2D eigenvalue weighted by Gasteiger charge is -2.14. The molecule has 1 aliphatic rings. The lowest BCUT2D eigenvalue weighted by Crippen LogP contribution is -2.34. The van der Waals surface area contributed by atoms with Gasteiger partial charge in [-0.2, -0.15) is 5.10 Å². The van der Waals surface area contributed by atoms with Crippen LogP contribution in [0.5, 0.6) is 0 Å². The fourth-order valence-corrected chi connectivity index (χ4v) is 1.47. The van der Waals surface area contributed by atoms with Crippen LogP contribution in [0.3, 0.4) is 0 Å². The lowest BCUT2D eigenvalue weighted by molar-refractivity contribution is 0.0948. The Morgan fingerprint density at radius 3 is 2.82 bits per heavy atom. The van der Waals surface area contributed by atoms with E-state index in [0.717, 1.165) is 17.3 Å². The molecular formula is C10H10F2N4O. The maximum absolute atomic E-state index is 13.3. The van der Waals surface area contributed by atoms with E-state index in [0.29, 0.717) is 6.07 Å². The number of hydrogen-bond donors (Lipinski definition) is 1. The van der Waals surface area contributed by atoms with Crippen molar-refractivity contribution in [3.05, 3.63) is 35.4 Å². The second kappa shape index (κ2) is 4.46. The monoisotopic (exact) mass is 240 g/mol. The van der Waals surface area contributed by atoms with Crippen LogP contribution in [0.15, 0.2) is 23.3 Å². The van der Waals surface area contributed by atoms with Crippen LogP contribution in [0, 0.1) is 11.6 Å². The van der Waals surface area contributed by atoms with Gasteiger partial charge in [-0.1, -0.05) is 0 Å². The zero-order valence-electron chi connectivity index (χ0n) is 8.81. The van der Waals surface area contributed by atoms with Crippen molar-refractivity contribution in [2.75, 3.05) is 13.2 Å². The fraction of sp³-hybridized carbons (Fsp3) is 0.200. The molecule has 1 heterocycles. The van der Waals surface area contributed by atoms with Gasteiger partial charge >= 0.3 is 0 Å². The molecular weight excluding hydrogens is 230 g/mol. The molecule has 90 valence electrons. The molecule has 0 bridgehead atoms. The van der Waals surface area contributed by atoms with Gasteiger partial charge in [0.05, 0.1) is 12.1 Å². The van der Waals surface area contributed by atoms with E-state index in [-0.39, 0.29) is 18.8 Å². The Hall–Kier alpha value is -2.02. The van der Waals surface area contributed by atoms with Crippen molar-refractivity contribution in [1.82, 2.24) is 10.0 Å². The molecule has 2 N–H and O–H groups in total. The molecule has 0 amide bonds. The molecule has 0 radical (unpaired) electrons. The number of benzene rings is 1. The molecule has 1 aliphatic heterocycles. The molecule has 7 heteroatoms. The highest BCUT2D eigenvalue weighted by molar-refractivity contribution is 5.98. The SMILES string of the molecule is NN1CN(CC(=O)c2ccc(F)cc2F)C=N1. The maximum Gasteiger partial charge on any atom is 0.185 e. The van der Waals surface area contributed by atoms with Crippen LogP contribution in [0.1, 0.15) is 10.4 Å². The number of carbonyl (C=O) groups excluding carboxylic acids is 1. The topological polar surface area (TPSA) is 61.9 Å². The van der Waals surface area contributed by atoms with Gasteiger partial charge in [-0.15, -0.1) is 0 Å². The number of rotatable bonds is 3. The minimum Gasteiger partial charge on any atom is -0.333 e. The zero-order valence-corrected chi connectivity index (χ0v) is 8.81. The molecule has 0 aliphatic carbocycles. The number of hydrazine groups is 1. The Labute approximate surface area is 96.1 Å². The van der Waals surface area contributed by atoms with Crippen LogP contribution in [0.4, 0.5) is 8.78 Å². The van der Waals surface area contributed by atoms with Crippen LogP contribution >= 0.6 is 0 Å². The summed E-state index contributed by atoms with van der Waals surface area (Å²) in [5.74, 6) is 3.32. The zero-order chi connectivity index (χ0) is 12.4. The van der Waals surface area contributed by atoms with Crippen molar-refractivity contribution in [2.45, 2.75) is 0 Å². The van der Waals surface area contributed by atoms with Crippen molar-refractivity contribution >= 4 is 12.1 Å². The third-order valence-electron chi connectivity index (χ3n) is 2.27. The first-order valence-electron chi connectivity index (χ1n) is 4.85. The largest absolute Gasteiger partial charge is 0.333 e. The van der Waals surface area contributed by atoms with Gasteiger partial charge in [0, 0.05) is 6.07 Å². The van der Waals surface area contributed by atoms with Crippen LogP contribution in [0.25, 0.3) is 0 Å². The number of ketones is 1. The van der Waals surface area contributed by atoms with Gasteiger partial charge in [-0.3, -0.25) is 4.79 Å². The highest BCUT2D eigenvalue weighted by Gasteiger charge is 2.18. The summed E-state index contributed by atoms with van der Waals surface area (Å²) in [5, 5.41) is 4.85. The third-order valence-corrected chi connectivity index (χ3v) is 2.27. The van der Waals surface area contributed by atoms with Gasteiger partial charge in [0.15, 0.2) is 5.78 Å². The molecule has 1 aromatic carbocycles. The first kappa shape index (κ1) is 11.5. The Bertz CT molecular complexity index is 477. The van der Waals surface area contributed by atoms with Crippen molar-refractivity contribution in [2.24, 2.45) is 10.9 Å². The molecule has 0 unspecified atom stereocenters. The number of Topliss-reactive ketones (excluding diaryl/α,β-unsaturated/α-hetero) is 1. The predicted molar refractivity (Wildman–Crippen MR) is 56.8 cm³/mol. The Balaban J connectivity index is 2.07. The first-order chi connectivity index (χ1) is 8.06. The summed E-state index contributed by atoms with van der Waals surface area (Å²) < 4.78 is 26.0. The van der Waals surface area contributed by atoms with E-state index in [4.69, 9.17) is 5.84 Å². The Morgan fingerprint density at radius 1 is 1.47 bits per heavy atom. The predicted octanol–water partition coefficient (Wildman–Crippen LogP) is 0.540. The summed E-state index contributed by atoms with van der Waals surface area (Å²) in [6.07, 6.45) is 1.39. The molecule has 0 saturated carbocycles. The summed E-state index contributed by atoms with van der Waals surface area (Å²) >= 11 is 0. The quantitative estimate of drug-likeness (QED) is 0.618. The van der Waals surface area contributed by atoms with E-state index in [1.807, 2.05) is 0 Å². The van der Waals surface area contributed by atoms with Crippen molar-refractivity contribution in [3.8, 4) is 0 Å². The van der Waals surface area contributed by atoms with E-state index in [1.54, 1.807) is 0 Å².